The Labute approximate surface area is 378 Å². The lowest BCUT2D eigenvalue weighted by atomic mass is 10.0. The number of carbonyl (C=O) groups is 2. The van der Waals surface area contributed by atoms with E-state index in [0.717, 1.165) is 89.9 Å². The summed E-state index contributed by atoms with van der Waals surface area (Å²) in [6.45, 7) is 6.35. The maximum Gasteiger partial charge on any atom is 0.306 e. The molecule has 3 unspecified atom stereocenters. The van der Waals surface area contributed by atoms with Crippen molar-refractivity contribution in [3.8, 4) is 0 Å². The molecule has 0 aromatic rings. The SMILES string of the molecule is CC/C=C/C/C=C/C/C=C/C/C=C/CCCC(CC(=O)NC(CO)C(O)CCCCCCCCCCCCCCCC)OC(=O)CCCCC/C=C\CCCCCCCCC. The van der Waals surface area contributed by atoms with E-state index in [1.165, 1.54) is 116 Å². The maximum absolute atomic E-state index is 13.2. The first kappa shape index (κ1) is 58.6. The zero-order valence-corrected chi connectivity index (χ0v) is 40.3. The molecule has 0 spiro atoms. The molecule has 6 heteroatoms. The number of rotatable bonds is 46. The van der Waals surface area contributed by atoms with Crippen LogP contribution in [0.25, 0.3) is 0 Å². The number of hydrogen-bond acceptors (Lipinski definition) is 5. The fourth-order valence-electron chi connectivity index (χ4n) is 7.66. The third-order valence-electron chi connectivity index (χ3n) is 11.6. The Kier molecular flexibility index (Phi) is 46.6. The van der Waals surface area contributed by atoms with Crippen LogP contribution >= 0.6 is 0 Å². The van der Waals surface area contributed by atoms with Gasteiger partial charge in [0.05, 0.1) is 25.2 Å². The van der Waals surface area contributed by atoms with E-state index in [-0.39, 0.29) is 24.9 Å². The highest BCUT2D eigenvalue weighted by Crippen LogP contribution is 2.17. The van der Waals surface area contributed by atoms with E-state index in [2.05, 4.69) is 86.8 Å². The van der Waals surface area contributed by atoms with Crippen molar-refractivity contribution in [2.75, 3.05) is 6.61 Å². The number of unbranched alkanes of at least 4 members (excludes halogenated alkanes) is 24. The van der Waals surface area contributed by atoms with Crippen LogP contribution in [0.15, 0.2) is 60.8 Å². The van der Waals surface area contributed by atoms with Crippen LogP contribution in [0.3, 0.4) is 0 Å². The summed E-state index contributed by atoms with van der Waals surface area (Å²) in [5.41, 5.74) is 0. The second-order valence-electron chi connectivity index (χ2n) is 17.5. The van der Waals surface area contributed by atoms with Gasteiger partial charge in [0.2, 0.25) is 5.91 Å². The lowest BCUT2D eigenvalue weighted by molar-refractivity contribution is -0.151. The van der Waals surface area contributed by atoms with Gasteiger partial charge in [-0.2, -0.15) is 0 Å². The lowest BCUT2D eigenvalue weighted by Crippen LogP contribution is -2.46. The van der Waals surface area contributed by atoms with Crippen LogP contribution in [0.5, 0.6) is 0 Å². The Bertz CT molecular complexity index is 1090. The minimum absolute atomic E-state index is 0.0333. The van der Waals surface area contributed by atoms with Crippen molar-refractivity contribution < 1.29 is 24.5 Å². The number of esters is 1. The molecule has 0 saturated heterocycles. The minimum Gasteiger partial charge on any atom is -0.462 e. The summed E-state index contributed by atoms with van der Waals surface area (Å²) >= 11 is 0. The van der Waals surface area contributed by atoms with Gasteiger partial charge >= 0.3 is 5.97 Å². The Hall–Kier alpha value is -2.44. The van der Waals surface area contributed by atoms with Gasteiger partial charge in [-0.1, -0.05) is 216 Å². The molecule has 0 aromatic carbocycles. The van der Waals surface area contributed by atoms with Gasteiger partial charge in [0.1, 0.15) is 6.10 Å². The van der Waals surface area contributed by atoms with Gasteiger partial charge in [0, 0.05) is 6.42 Å². The lowest BCUT2D eigenvalue weighted by Gasteiger charge is -2.24. The maximum atomic E-state index is 13.2. The van der Waals surface area contributed by atoms with Crippen LogP contribution in [0.1, 0.15) is 252 Å². The highest BCUT2D eigenvalue weighted by atomic mass is 16.5. The van der Waals surface area contributed by atoms with Crippen LogP contribution in [0.2, 0.25) is 0 Å². The number of amides is 1. The average molecular weight is 854 g/mol. The molecule has 3 N–H and O–H groups in total. The number of carbonyl (C=O) groups excluding carboxylic acids is 2. The van der Waals surface area contributed by atoms with Gasteiger partial charge in [-0.25, -0.2) is 0 Å². The molecule has 1 amide bonds. The van der Waals surface area contributed by atoms with Crippen molar-refractivity contribution in [3.63, 3.8) is 0 Å². The molecule has 0 heterocycles. The predicted octanol–water partition coefficient (Wildman–Crippen LogP) is 15.6. The second kappa shape index (κ2) is 48.6. The molecule has 0 saturated carbocycles. The van der Waals surface area contributed by atoms with E-state index in [1.807, 2.05) is 0 Å². The molecule has 3 atom stereocenters. The molecule has 6 nitrogen and oxygen atoms in total. The number of allylic oxidation sites excluding steroid dienone is 10. The highest BCUT2D eigenvalue weighted by Gasteiger charge is 2.24. The Morgan fingerprint density at radius 1 is 0.492 bits per heavy atom. The number of aliphatic hydroxyl groups excluding tert-OH is 2. The van der Waals surface area contributed by atoms with Crippen LogP contribution < -0.4 is 5.32 Å². The van der Waals surface area contributed by atoms with E-state index in [9.17, 15) is 19.8 Å². The molecule has 0 aliphatic rings. The van der Waals surface area contributed by atoms with Crippen LogP contribution in [-0.4, -0.2) is 46.9 Å². The number of nitrogens with one attached hydrogen (secondary N) is 1. The molecule has 354 valence electrons. The summed E-state index contributed by atoms with van der Waals surface area (Å²) in [6.07, 6.45) is 60.0. The monoisotopic (exact) mass is 854 g/mol. The second-order valence-corrected chi connectivity index (χ2v) is 17.5. The summed E-state index contributed by atoms with van der Waals surface area (Å²) in [4.78, 5) is 26.1. The van der Waals surface area contributed by atoms with Gasteiger partial charge in [0.15, 0.2) is 0 Å². The van der Waals surface area contributed by atoms with Crippen molar-refractivity contribution in [3.05, 3.63) is 60.8 Å². The normalized spacial score (nSPS) is 13.7. The Morgan fingerprint density at radius 3 is 1.39 bits per heavy atom. The quantitative estimate of drug-likeness (QED) is 0.0322. The van der Waals surface area contributed by atoms with Crippen molar-refractivity contribution in [2.45, 2.75) is 270 Å². The highest BCUT2D eigenvalue weighted by molar-refractivity contribution is 5.77. The van der Waals surface area contributed by atoms with Gasteiger partial charge in [-0.15, -0.1) is 0 Å². The number of ether oxygens (including phenoxy) is 1. The summed E-state index contributed by atoms with van der Waals surface area (Å²) in [5, 5.41) is 23.8. The first-order valence-corrected chi connectivity index (χ1v) is 26.0. The zero-order chi connectivity index (χ0) is 44.5. The molecule has 0 bridgehead atoms. The number of aliphatic hydroxyl groups is 2. The molecule has 61 heavy (non-hydrogen) atoms. The molecule has 0 radical (unpaired) electrons. The molecule has 0 rings (SSSR count). The van der Waals surface area contributed by atoms with Gasteiger partial charge < -0.3 is 20.3 Å². The van der Waals surface area contributed by atoms with E-state index in [0.29, 0.717) is 19.3 Å². The third-order valence-corrected chi connectivity index (χ3v) is 11.6. The Morgan fingerprint density at radius 2 is 0.902 bits per heavy atom. The fraction of sp³-hybridized carbons (Fsp3) is 0.782. The van der Waals surface area contributed by atoms with Gasteiger partial charge in [0.25, 0.3) is 0 Å². The number of hydrogen-bond donors (Lipinski definition) is 3. The summed E-state index contributed by atoms with van der Waals surface area (Å²) < 4.78 is 5.90. The molecular formula is C55H99NO5. The molecule has 0 aromatic heterocycles. The predicted molar refractivity (Wildman–Crippen MR) is 264 cm³/mol. The molecule has 0 aliphatic carbocycles. The van der Waals surface area contributed by atoms with Crippen molar-refractivity contribution in [1.82, 2.24) is 5.32 Å². The van der Waals surface area contributed by atoms with E-state index >= 15 is 0 Å². The average Bonchev–Trinajstić information content (AvgIpc) is 3.25. The van der Waals surface area contributed by atoms with Crippen LogP contribution in [0, 0.1) is 0 Å². The molecular weight excluding hydrogens is 755 g/mol. The van der Waals surface area contributed by atoms with E-state index < -0.39 is 18.2 Å². The largest absolute Gasteiger partial charge is 0.462 e. The zero-order valence-electron chi connectivity index (χ0n) is 40.3. The van der Waals surface area contributed by atoms with Gasteiger partial charge in [-0.05, 0) is 83.5 Å². The van der Waals surface area contributed by atoms with E-state index in [4.69, 9.17) is 4.74 Å². The van der Waals surface area contributed by atoms with Crippen molar-refractivity contribution in [2.24, 2.45) is 0 Å². The first-order chi connectivity index (χ1) is 30.0. The topological polar surface area (TPSA) is 95.9 Å². The smallest absolute Gasteiger partial charge is 0.306 e. The Balaban J connectivity index is 4.67. The minimum atomic E-state index is -0.805. The first-order valence-electron chi connectivity index (χ1n) is 26.0. The van der Waals surface area contributed by atoms with E-state index in [1.54, 1.807) is 0 Å². The van der Waals surface area contributed by atoms with Crippen molar-refractivity contribution in [1.29, 1.82) is 0 Å². The van der Waals surface area contributed by atoms with Crippen LogP contribution in [-0.2, 0) is 14.3 Å². The third kappa shape index (κ3) is 44.0. The molecule has 0 fully saturated rings. The summed E-state index contributed by atoms with van der Waals surface area (Å²) in [6, 6.07) is -0.722. The summed E-state index contributed by atoms with van der Waals surface area (Å²) in [5.74, 6) is -0.545. The summed E-state index contributed by atoms with van der Waals surface area (Å²) in [7, 11) is 0. The molecule has 0 aliphatic heterocycles. The van der Waals surface area contributed by atoms with Crippen molar-refractivity contribution >= 4 is 11.9 Å². The van der Waals surface area contributed by atoms with Crippen LogP contribution in [0.4, 0.5) is 0 Å². The van der Waals surface area contributed by atoms with Gasteiger partial charge in [-0.3, -0.25) is 9.59 Å². The standard InChI is InChI=1S/C55H99NO5/c1-4-7-10-13-16-19-22-25-28-31-34-37-40-43-46-51(61-55(60)48-45-42-39-36-33-30-27-24-21-18-15-12-9-6-3)49-54(59)56-52(50-57)53(58)47-44-41-38-35-32-29-26-23-20-17-14-11-8-5-2/h7,10,16,19,25,28,30,33-34,37,51-53,57-58H,4-6,8-9,11-15,17-18,20-24,26-27,29,31-32,35-36,38-50H2,1-3H3,(H,56,59)/b10-7+,19-16+,28-25+,33-30-,37-34+. The fourth-order valence-corrected chi connectivity index (χ4v) is 7.66.